The standard InChI is InChI=1S/C36H37N3O2/c1-36(2,3)29-19-15-28(16-20-29)35-39-32(33(41-35)27-17-21-30(37-4)22-18-27)34(40)38-24-23-31(25-11-7-5-8-12-25)26-13-9-6-10-14-26/h5-22,31,37H,23-24H2,1-4H3,(H,38,40). The Kier molecular flexibility index (Phi) is 8.34. The minimum Gasteiger partial charge on any atom is -0.435 e. The zero-order valence-electron chi connectivity index (χ0n) is 24.1. The number of amides is 1. The first-order valence-electron chi connectivity index (χ1n) is 14.1. The molecule has 5 nitrogen and oxygen atoms in total. The third-order valence-electron chi connectivity index (χ3n) is 7.40. The Balaban J connectivity index is 1.41. The summed E-state index contributed by atoms with van der Waals surface area (Å²) in [5, 5.41) is 6.25. The summed E-state index contributed by atoms with van der Waals surface area (Å²) in [5.74, 6) is 0.803. The maximum Gasteiger partial charge on any atom is 0.273 e. The van der Waals surface area contributed by atoms with E-state index in [0.29, 0.717) is 18.2 Å². The number of hydrogen-bond acceptors (Lipinski definition) is 4. The third kappa shape index (κ3) is 6.58. The van der Waals surface area contributed by atoms with Crippen molar-refractivity contribution in [1.82, 2.24) is 10.3 Å². The molecule has 0 aliphatic carbocycles. The normalized spacial score (nSPS) is 11.4. The van der Waals surface area contributed by atoms with Crippen LogP contribution in [0.1, 0.15) is 60.3 Å². The van der Waals surface area contributed by atoms with Crippen LogP contribution < -0.4 is 10.6 Å². The highest BCUT2D eigenvalue weighted by Crippen LogP contribution is 2.32. The van der Waals surface area contributed by atoms with Crippen molar-refractivity contribution >= 4 is 11.6 Å². The van der Waals surface area contributed by atoms with E-state index in [1.54, 1.807) is 0 Å². The van der Waals surface area contributed by atoms with Crippen LogP contribution in [0.25, 0.3) is 22.8 Å². The minimum atomic E-state index is -0.251. The van der Waals surface area contributed by atoms with E-state index in [9.17, 15) is 4.79 Å². The zero-order valence-corrected chi connectivity index (χ0v) is 24.1. The van der Waals surface area contributed by atoms with Gasteiger partial charge in [0.15, 0.2) is 11.5 Å². The second kappa shape index (κ2) is 12.3. The summed E-state index contributed by atoms with van der Waals surface area (Å²) in [5.41, 5.74) is 6.60. The molecule has 0 saturated heterocycles. The molecular formula is C36H37N3O2. The first-order chi connectivity index (χ1) is 19.8. The van der Waals surface area contributed by atoms with Gasteiger partial charge in [-0.3, -0.25) is 4.79 Å². The molecule has 0 bridgehead atoms. The highest BCUT2D eigenvalue weighted by Gasteiger charge is 2.23. The van der Waals surface area contributed by atoms with E-state index in [-0.39, 0.29) is 22.9 Å². The lowest BCUT2D eigenvalue weighted by Gasteiger charge is -2.18. The first kappa shape index (κ1) is 27.9. The molecule has 1 aromatic heterocycles. The molecule has 0 aliphatic heterocycles. The fraction of sp³-hybridized carbons (Fsp3) is 0.222. The van der Waals surface area contributed by atoms with Crippen molar-refractivity contribution in [3.8, 4) is 22.8 Å². The van der Waals surface area contributed by atoms with Crippen LogP contribution in [-0.2, 0) is 5.41 Å². The van der Waals surface area contributed by atoms with Crippen molar-refractivity contribution in [3.63, 3.8) is 0 Å². The number of aromatic nitrogens is 1. The maximum absolute atomic E-state index is 13.6. The minimum absolute atomic E-state index is 0.0394. The van der Waals surface area contributed by atoms with E-state index >= 15 is 0 Å². The summed E-state index contributed by atoms with van der Waals surface area (Å²) in [4.78, 5) is 18.3. The molecule has 5 rings (SSSR count). The molecule has 4 aromatic carbocycles. The molecular weight excluding hydrogens is 506 g/mol. The Bertz CT molecular complexity index is 1530. The van der Waals surface area contributed by atoms with Gasteiger partial charge in [0, 0.05) is 36.3 Å². The number of oxazole rings is 1. The molecule has 5 heteroatoms. The third-order valence-corrected chi connectivity index (χ3v) is 7.40. The molecule has 41 heavy (non-hydrogen) atoms. The van der Waals surface area contributed by atoms with Gasteiger partial charge < -0.3 is 15.1 Å². The van der Waals surface area contributed by atoms with Crippen LogP contribution in [0.5, 0.6) is 0 Å². The molecule has 1 heterocycles. The fourth-order valence-corrected chi connectivity index (χ4v) is 5.00. The van der Waals surface area contributed by atoms with Gasteiger partial charge in [-0.1, -0.05) is 93.6 Å². The number of rotatable bonds is 9. The van der Waals surface area contributed by atoms with Crippen LogP contribution >= 0.6 is 0 Å². The Morgan fingerprint density at radius 2 is 1.34 bits per heavy atom. The van der Waals surface area contributed by atoms with E-state index in [4.69, 9.17) is 9.40 Å². The second-order valence-corrected chi connectivity index (χ2v) is 11.3. The number of carbonyl (C=O) groups is 1. The van der Waals surface area contributed by atoms with Gasteiger partial charge in [0.1, 0.15) is 0 Å². The summed E-state index contributed by atoms with van der Waals surface area (Å²) in [7, 11) is 1.87. The molecule has 5 aromatic rings. The van der Waals surface area contributed by atoms with Gasteiger partial charge in [-0.05, 0) is 64.9 Å². The maximum atomic E-state index is 13.6. The van der Waals surface area contributed by atoms with Crippen LogP contribution in [-0.4, -0.2) is 24.5 Å². The summed E-state index contributed by atoms with van der Waals surface area (Å²) in [6.07, 6.45) is 0.755. The highest BCUT2D eigenvalue weighted by atomic mass is 16.4. The first-order valence-corrected chi connectivity index (χ1v) is 14.1. The Morgan fingerprint density at radius 3 is 1.88 bits per heavy atom. The van der Waals surface area contributed by atoms with Crippen LogP contribution in [0, 0.1) is 0 Å². The second-order valence-electron chi connectivity index (χ2n) is 11.3. The number of anilines is 1. The summed E-state index contributed by atoms with van der Waals surface area (Å²) in [6.45, 7) is 7.04. The van der Waals surface area contributed by atoms with E-state index in [2.05, 4.69) is 92.1 Å². The number of carbonyl (C=O) groups excluding carboxylic acids is 1. The van der Waals surface area contributed by atoms with E-state index in [1.807, 2.05) is 55.6 Å². The molecule has 0 atom stereocenters. The van der Waals surface area contributed by atoms with Gasteiger partial charge in [0.2, 0.25) is 5.89 Å². The predicted octanol–water partition coefficient (Wildman–Crippen LogP) is 8.30. The summed E-state index contributed by atoms with van der Waals surface area (Å²) < 4.78 is 6.28. The SMILES string of the molecule is CNc1ccc(-c2oc(-c3ccc(C(C)(C)C)cc3)nc2C(=O)NCCC(c2ccccc2)c2ccccc2)cc1. The molecule has 0 saturated carbocycles. The van der Waals surface area contributed by atoms with E-state index in [0.717, 1.165) is 23.2 Å². The van der Waals surface area contributed by atoms with Crippen molar-refractivity contribution in [1.29, 1.82) is 0 Å². The van der Waals surface area contributed by atoms with Gasteiger partial charge in [0.05, 0.1) is 0 Å². The molecule has 0 aliphatic rings. The lowest BCUT2D eigenvalue weighted by Crippen LogP contribution is -2.26. The smallest absolute Gasteiger partial charge is 0.273 e. The van der Waals surface area contributed by atoms with Crippen molar-refractivity contribution < 1.29 is 9.21 Å². The molecule has 208 valence electrons. The molecule has 0 unspecified atom stereocenters. The number of hydrogen-bond donors (Lipinski definition) is 2. The molecule has 0 fully saturated rings. The lowest BCUT2D eigenvalue weighted by atomic mass is 9.87. The average molecular weight is 544 g/mol. The van der Waals surface area contributed by atoms with Gasteiger partial charge >= 0.3 is 0 Å². The molecule has 2 N–H and O–H groups in total. The number of nitrogens with one attached hydrogen (secondary N) is 2. The van der Waals surface area contributed by atoms with E-state index in [1.165, 1.54) is 16.7 Å². The van der Waals surface area contributed by atoms with Gasteiger partial charge in [-0.2, -0.15) is 0 Å². The average Bonchev–Trinajstić information content (AvgIpc) is 3.46. The van der Waals surface area contributed by atoms with Crippen molar-refractivity contribution in [2.24, 2.45) is 0 Å². The topological polar surface area (TPSA) is 67.2 Å². The lowest BCUT2D eigenvalue weighted by molar-refractivity contribution is 0.0948. The van der Waals surface area contributed by atoms with Gasteiger partial charge in [-0.25, -0.2) is 4.98 Å². The number of benzene rings is 4. The Labute approximate surface area is 242 Å². The van der Waals surface area contributed by atoms with Gasteiger partial charge in [-0.15, -0.1) is 0 Å². The molecule has 1 amide bonds. The van der Waals surface area contributed by atoms with Crippen LogP contribution in [0.4, 0.5) is 5.69 Å². The highest BCUT2D eigenvalue weighted by molar-refractivity contribution is 5.98. The quantitative estimate of drug-likeness (QED) is 0.196. The number of nitrogens with zero attached hydrogens (tertiary/aromatic N) is 1. The molecule has 0 radical (unpaired) electrons. The predicted molar refractivity (Wildman–Crippen MR) is 167 cm³/mol. The van der Waals surface area contributed by atoms with Crippen LogP contribution in [0.2, 0.25) is 0 Å². The van der Waals surface area contributed by atoms with Crippen molar-refractivity contribution in [3.05, 3.63) is 132 Å². The Hall–Kier alpha value is -4.64. The monoisotopic (exact) mass is 543 g/mol. The fourth-order valence-electron chi connectivity index (χ4n) is 5.00. The van der Waals surface area contributed by atoms with Crippen LogP contribution in [0.3, 0.4) is 0 Å². The Morgan fingerprint density at radius 1 is 0.780 bits per heavy atom. The zero-order chi connectivity index (χ0) is 28.8. The van der Waals surface area contributed by atoms with Crippen molar-refractivity contribution in [2.45, 2.75) is 38.5 Å². The summed E-state index contributed by atoms with van der Waals surface area (Å²) >= 11 is 0. The van der Waals surface area contributed by atoms with Gasteiger partial charge in [0.25, 0.3) is 5.91 Å². The van der Waals surface area contributed by atoms with Crippen LogP contribution in [0.15, 0.2) is 114 Å². The summed E-state index contributed by atoms with van der Waals surface area (Å²) in [6, 6.07) is 36.8. The molecule has 0 spiro atoms. The van der Waals surface area contributed by atoms with E-state index < -0.39 is 0 Å². The van der Waals surface area contributed by atoms with Crippen molar-refractivity contribution in [2.75, 3.05) is 18.9 Å². The largest absolute Gasteiger partial charge is 0.435 e.